The Morgan fingerprint density at radius 3 is 0.760 bits per heavy atom. The van der Waals surface area contributed by atoms with Crippen LogP contribution in [-0.2, 0) is 0 Å². The maximum absolute atomic E-state index is 6.20. The van der Waals surface area contributed by atoms with Gasteiger partial charge >= 0.3 is 142 Å². The molecule has 3 aromatic carbocycles. The van der Waals surface area contributed by atoms with E-state index < -0.39 is 8.09 Å². The quantitative estimate of drug-likeness (QED) is 0.575. The van der Waals surface area contributed by atoms with Gasteiger partial charge in [0, 0.05) is 0 Å². The molecular formula is C18H12O6Si-2. The van der Waals surface area contributed by atoms with Crippen molar-refractivity contribution in [3.05, 3.63) is 72.8 Å². The van der Waals surface area contributed by atoms with E-state index in [9.17, 15) is 0 Å². The van der Waals surface area contributed by atoms with Gasteiger partial charge in [0.2, 0.25) is 0 Å². The molecule has 3 aromatic rings. The third kappa shape index (κ3) is 1.40. The summed E-state index contributed by atoms with van der Waals surface area (Å²) in [5.41, 5.74) is 0. The molecule has 6 nitrogen and oxygen atoms in total. The Kier molecular flexibility index (Phi) is 1.83. The minimum absolute atomic E-state index is 0.438. The van der Waals surface area contributed by atoms with Gasteiger partial charge in [-0.2, -0.15) is 0 Å². The Morgan fingerprint density at radius 1 is 0.360 bits per heavy atom. The van der Waals surface area contributed by atoms with Crippen LogP contribution in [-0.4, -0.2) is 8.09 Å². The van der Waals surface area contributed by atoms with Crippen LogP contribution in [0.4, 0.5) is 0 Å². The van der Waals surface area contributed by atoms with E-state index in [-0.39, 0.29) is 0 Å². The molecular weight excluding hydrogens is 340 g/mol. The van der Waals surface area contributed by atoms with Crippen LogP contribution in [0.3, 0.4) is 0 Å². The molecule has 6 rings (SSSR count). The summed E-state index contributed by atoms with van der Waals surface area (Å²) >= 11 is 0. The first-order valence-corrected chi connectivity index (χ1v) is 10.4. The van der Waals surface area contributed by atoms with Crippen molar-refractivity contribution in [3.8, 4) is 34.5 Å². The van der Waals surface area contributed by atoms with E-state index in [1.807, 2.05) is 36.4 Å². The van der Waals surface area contributed by atoms with Gasteiger partial charge in [-0.15, -0.1) is 0 Å². The predicted molar refractivity (Wildman–Crippen MR) is 88.8 cm³/mol. The average Bonchev–Trinajstić information content (AvgIpc) is 3.18. The van der Waals surface area contributed by atoms with Crippen molar-refractivity contribution in [2.45, 2.75) is 0 Å². The van der Waals surface area contributed by atoms with Crippen LogP contribution in [0, 0.1) is 0 Å². The topological polar surface area (TPSA) is 55.4 Å². The van der Waals surface area contributed by atoms with Gasteiger partial charge in [0.15, 0.2) is 0 Å². The summed E-state index contributed by atoms with van der Waals surface area (Å²) < 4.78 is 37.2. The van der Waals surface area contributed by atoms with Crippen molar-refractivity contribution >= 4 is 8.09 Å². The zero-order valence-electron chi connectivity index (χ0n) is 12.9. The molecule has 0 saturated heterocycles. The van der Waals surface area contributed by atoms with Crippen LogP contribution in [0.2, 0.25) is 0 Å². The van der Waals surface area contributed by atoms with Crippen LogP contribution < -0.4 is 26.6 Å². The Balaban J connectivity index is 1.64. The standard InChI is InChI=1S/C18H12O6Si/c1-2-8-14-13(7-1)19-25(20-14,21-15-9-3-4-10-16(15)22-25)23-17-11-5-6-12-18(17)24-25/h1-12H/q-2. The van der Waals surface area contributed by atoms with Gasteiger partial charge in [-0.25, -0.2) is 0 Å². The fourth-order valence-electron chi connectivity index (χ4n) is 3.52. The first-order valence-electron chi connectivity index (χ1n) is 7.93. The number of benzene rings is 3. The van der Waals surface area contributed by atoms with Gasteiger partial charge in [-0.1, -0.05) is 0 Å². The molecule has 3 aliphatic rings. The van der Waals surface area contributed by atoms with Gasteiger partial charge in [0.1, 0.15) is 0 Å². The van der Waals surface area contributed by atoms with Crippen LogP contribution in [0.1, 0.15) is 0 Å². The number of hydrogen-bond donors (Lipinski definition) is 0. The van der Waals surface area contributed by atoms with Gasteiger partial charge in [-0.05, 0) is 0 Å². The number of fused-ring (bicyclic) bond motifs is 3. The van der Waals surface area contributed by atoms with E-state index in [1.165, 1.54) is 0 Å². The molecule has 0 fully saturated rings. The molecule has 25 heavy (non-hydrogen) atoms. The minimum atomic E-state index is -5.84. The molecule has 0 radical (unpaired) electrons. The summed E-state index contributed by atoms with van der Waals surface area (Å²) in [6.45, 7) is 0. The van der Waals surface area contributed by atoms with Gasteiger partial charge in [0.05, 0.1) is 0 Å². The second-order valence-electron chi connectivity index (χ2n) is 6.20. The molecule has 0 unspecified atom stereocenters. The molecule has 0 N–H and O–H groups in total. The first-order chi connectivity index (χ1) is 12.1. The summed E-state index contributed by atoms with van der Waals surface area (Å²) in [7, 11) is -5.84. The van der Waals surface area contributed by atoms with Gasteiger partial charge in [0.25, 0.3) is 0 Å². The van der Waals surface area contributed by atoms with Gasteiger partial charge in [-0.3, -0.25) is 0 Å². The van der Waals surface area contributed by atoms with Crippen LogP contribution in [0.5, 0.6) is 34.5 Å². The number of para-hydroxylation sites is 6. The molecule has 126 valence electrons. The Bertz CT molecular complexity index is 846. The van der Waals surface area contributed by atoms with E-state index in [0.29, 0.717) is 34.5 Å². The monoisotopic (exact) mass is 352 g/mol. The molecule has 0 saturated carbocycles. The van der Waals surface area contributed by atoms with Crippen LogP contribution >= 0.6 is 0 Å². The first kappa shape index (κ1) is 13.0. The Hall–Kier alpha value is -3.32. The molecule has 0 aromatic heterocycles. The molecule has 3 heterocycles. The Labute approximate surface area is 142 Å². The van der Waals surface area contributed by atoms with Crippen molar-refractivity contribution in [1.29, 1.82) is 0 Å². The van der Waals surface area contributed by atoms with E-state index in [4.69, 9.17) is 26.6 Å². The second-order valence-corrected chi connectivity index (χ2v) is 9.93. The van der Waals surface area contributed by atoms with Crippen molar-refractivity contribution in [2.24, 2.45) is 0 Å². The summed E-state index contributed by atoms with van der Waals surface area (Å²) in [6.07, 6.45) is 0. The van der Waals surface area contributed by atoms with Crippen molar-refractivity contribution < 1.29 is 26.6 Å². The van der Waals surface area contributed by atoms with Crippen molar-refractivity contribution in [2.75, 3.05) is 0 Å². The number of rotatable bonds is 0. The zero-order valence-corrected chi connectivity index (χ0v) is 13.9. The summed E-state index contributed by atoms with van der Waals surface area (Å²) in [4.78, 5) is 0. The summed E-state index contributed by atoms with van der Waals surface area (Å²) in [5.74, 6) is 2.63. The summed E-state index contributed by atoms with van der Waals surface area (Å²) in [5, 5.41) is 0. The molecule has 0 bridgehead atoms. The molecule has 7 heteroatoms. The van der Waals surface area contributed by atoms with Crippen LogP contribution in [0.25, 0.3) is 0 Å². The zero-order chi connectivity index (χ0) is 16.6. The van der Waals surface area contributed by atoms with E-state index in [1.54, 1.807) is 36.4 Å². The van der Waals surface area contributed by atoms with E-state index in [2.05, 4.69) is 0 Å². The molecule has 1 spiro atoms. The Morgan fingerprint density at radius 2 is 0.560 bits per heavy atom. The summed E-state index contributed by atoms with van der Waals surface area (Å²) in [6, 6.07) is 21.5. The average molecular weight is 352 g/mol. The van der Waals surface area contributed by atoms with E-state index >= 15 is 0 Å². The third-order valence-electron chi connectivity index (χ3n) is 4.46. The fraction of sp³-hybridized carbons (Fsp3) is 0. The molecule has 0 amide bonds. The maximum atomic E-state index is 6.20. The SMILES string of the molecule is c1ccc2c(c1)O[Si-2]13(O2)(Oc2ccccc2O1)Oc1ccccc1O3. The second kappa shape index (κ2) is 3.52. The number of hydrogen-bond acceptors (Lipinski definition) is 6. The molecule has 0 aliphatic carbocycles. The van der Waals surface area contributed by atoms with Crippen molar-refractivity contribution in [1.82, 2.24) is 0 Å². The van der Waals surface area contributed by atoms with E-state index in [0.717, 1.165) is 0 Å². The normalized spacial score (nSPS) is 23.5. The van der Waals surface area contributed by atoms with Crippen molar-refractivity contribution in [3.63, 3.8) is 0 Å². The van der Waals surface area contributed by atoms with Gasteiger partial charge < -0.3 is 0 Å². The predicted octanol–water partition coefficient (Wildman–Crippen LogP) is 3.74. The fourth-order valence-corrected chi connectivity index (χ4v) is 7.85. The third-order valence-corrected chi connectivity index (χ3v) is 8.28. The molecule has 3 aliphatic heterocycles. The molecule has 0 atom stereocenters. The van der Waals surface area contributed by atoms with Crippen LogP contribution in [0.15, 0.2) is 72.8 Å².